The molecule has 0 amide bonds. The highest BCUT2D eigenvalue weighted by molar-refractivity contribution is 5.09. The largest absolute Gasteiger partial charge is 0.393 e. The molecule has 0 saturated heterocycles. The van der Waals surface area contributed by atoms with Gasteiger partial charge in [0.25, 0.3) is 0 Å². The third-order valence-electron chi connectivity index (χ3n) is 2.64. The van der Waals surface area contributed by atoms with Crippen LogP contribution in [-0.4, -0.2) is 16.2 Å². The Morgan fingerprint density at radius 2 is 2.08 bits per heavy atom. The molecule has 1 atom stereocenters. The molecule has 1 unspecified atom stereocenters. The average molecular weight is 177 g/mol. The van der Waals surface area contributed by atoms with Gasteiger partial charge in [0.1, 0.15) is 0 Å². The molecule has 2 rings (SSSR count). The summed E-state index contributed by atoms with van der Waals surface area (Å²) in [6.07, 6.45) is 7.84. The standard InChI is InChI=1S/C11H15NO/c13-11(10-2-3-10)4-1-9-5-7-12-8-6-9/h5-8,10-11,13H,1-4H2. The van der Waals surface area contributed by atoms with E-state index in [-0.39, 0.29) is 6.10 Å². The van der Waals surface area contributed by atoms with E-state index in [9.17, 15) is 5.11 Å². The molecule has 1 aromatic rings. The van der Waals surface area contributed by atoms with Crippen molar-refractivity contribution in [2.45, 2.75) is 31.8 Å². The van der Waals surface area contributed by atoms with E-state index in [1.807, 2.05) is 12.1 Å². The van der Waals surface area contributed by atoms with Crippen molar-refractivity contribution in [1.82, 2.24) is 4.98 Å². The summed E-state index contributed by atoms with van der Waals surface area (Å²) in [5, 5.41) is 9.63. The highest BCUT2D eigenvalue weighted by Gasteiger charge is 2.28. The van der Waals surface area contributed by atoms with Gasteiger partial charge in [-0.15, -0.1) is 0 Å². The summed E-state index contributed by atoms with van der Waals surface area (Å²) in [6, 6.07) is 4.03. The summed E-state index contributed by atoms with van der Waals surface area (Å²) in [5.74, 6) is 0.599. The molecular weight excluding hydrogens is 162 g/mol. The molecule has 1 aliphatic carbocycles. The Morgan fingerprint density at radius 1 is 1.38 bits per heavy atom. The van der Waals surface area contributed by atoms with Crippen molar-refractivity contribution in [3.8, 4) is 0 Å². The van der Waals surface area contributed by atoms with Gasteiger partial charge < -0.3 is 5.11 Å². The van der Waals surface area contributed by atoms with E-state index >= 15 is 0 Å². The SMILES string of the molecule is OC(CCc1ccncc1)C1CC1. The molecule has 1 aliphatic rings. The summed E-state index contributed by atoms with van der Waals surface area (Å²) in [6.45, 7) is 0. The zero-order valence-corrected chi connectivity index (χ0v) is 7.69. The summed E-state index contributed by atoms with van der Waals surface area (Å²) >= 11 is 0. The predicted octanol–water partition coefficient (Wildman–Crippen LogP) is 1.79. The Labute approximate surface area is 78.6 Å². The molecule has 1 saturated carbocycles. The number of rotatable bonds is 4. The quantitative estimate of drug-likeness (QED) is 0.760. The molecule has 70 valence electrons. The van der Waals surface area contributed by atoms with E-state index < -0.39 is 0 Å². The Bertz CT molecular complexity index is 256. The zero-order chi connectivity index (χ0) is 9.10. The lowest BCUT2D eigenvalue weighted by molar-refractivity contribution is 0.142. The second-order valence-electron chi connectivity index (χ2n) is 3.80. The molecule has 2 heteroatoms. The van der Waals surface area contributed by atoms with Gasteiger partial charge in [-0.25, -0.2) is 0 Å². The summed E-state index contributed by atoms with van der Waals surface area (Å²) in [7, 11) is 0. The van der Waals surface area contributed by atoms with Crippen LogP contribution in [0.5, 0.6) is 0 Å². The van der Waals surface area contributed by atoms with Crippen molar-refractivity contribution in [1.29, 1.82) is 0 Å². The number of aromatic nitrogens is 1. The Morgan fingerprint density at radius 3 is 2.69 bits per heavy atom. The molecule has 2 nitrogen and oxygen atoms in total. The predicted molar refractivity (Wildman–Crippen MR) is 51.3 cm³/mol. The van der Waals surface area contributed by atoms with Crippen LogP contribution < -0.4 is 0 Å². The van der Waals surface area contributed by atoms with Gasteiger partial charge in [-0.05, 0) is 49.3 Å². The maximum atomic E-state index is 9.63. The van der Waals surface area contributed by atoms with Gasteiger partial charge in [-0.2, -0.15) is 0 Å². The number of pyridine rings is 1. The molecule has 0 bridgehead atoms. The lowest BCUT2D eigenvalue weighted by Gasteiger charge is -2.07. The van der Waals surface area contributed by atoms with Gasteiger partial charge in [0.15, 0.2) is 0 Å². The summed E-state index contributed by atoms with van der Waals surface area (Å²) < 4.78 is 0. The highest BCUT2D eigenvalue weighted by Crippen LogP contribution is 2.34. The van der Waals surface area contributed by atoms with Crippen molar-refractivity contribution in [3.05, 3.63) is 30.1 Å². The molecule has 1 N–H and O–H groups in total. The number of hydrogen-bond acceptors (Lipinski definition) is 2. The molecule has 1 aromatic heterocycles. The molecule has 0 spiro atoms. The van der Waals surface area contributed by atoms with Crippen molar-refractivity contribution in [2.75, 3.05) is 0 Å². The number of aliphatic hydroxyl groups excluding tert-OH is 1. The minimum absolute atomic E-state index is 0.0758. The van der Waals surface area contributed by atoms with E-state index in [0.29, 0.717) is 5.92 Å². The Balaban J connectivity index is 1.78. The topological polar surface area (TPSA) is 33.1 Å². The minimum Gasteiger partial charge on any atom is -0.393 e. The fourth-order valence-corrected chi connectivity index (χ4v) is 1.58. The summed E-state index contributed by atoms with van der Waals surface area (Å²) in [5.41, 5.74) is 1.27. The molecule has 0 aliphatic heterocycles. The molecule has 13 heavy (non-hydrogen) atoms. The van der Waals surface area contributed by atoms with Crippen LogP contribution in [0, 0.1) is 5.92 Å². The molecule has 1 fully saturated rings. The lowest BCUT2D eigenvalue weighted by atomic mass is 10.1. The first-order valence-electron chi connectivity index (χ1n) is 4.93. The smallest absolute Gasteiger partial charge is 0.0571 e. The van der Waals surface area contributed by atoms with Crippen LogP contribution in [0.1, 0.15) is 24.8 Å². The van der Waals surface area contributed by atoms with Crippen molar-refractivity contribution < 1.29 is 5.11 Å². The highest BCUT2D eigenvalue weighted by atomic mass is 16.3. The fraction of sp³-hybridized carbons (Fsp3) is 0.545. The number of hydrogen-bond donors (Lipinski definition) is 1. The van der Waals surface area contributed by atoms with Crippen LogP contribution in [0.2, 0.25) is 0 Å². The molecular formula is C11H15NO. The first-order chi connectivity index (χ1) is 6.36. The van der Waals surface area contributed by atoms with E-state index in [4.69, 9.17) is 0 Å². The van der Waals surface area contributed by atoms with Crippen LogP contribution >= 0.6 is 0 Å². The van der Waals surface area contributed by atoms with E-state index in [1.54, 1.807) is 12.4 Å². The fourth-order valence-electron chi connectivity index (χ4n) is 1.58. The summed E-state index contributed by atoms with van der Waals surface area (Å²) in [4.78, 5) is 3.96. The number of aryl methyl sites for hydroxylation is 1. The van der Waals surface area contributed by atoms with Gasteiger partial charge in [-0.3, -0.25) is 4.98 Å². The van der Waals surface area contributed by atoms with Crippen molar-refractivity contribution in [2.24, 2.45) is 5.92 Å². The maximum absolute atomic E-state index is 9.63. The first kappa shape index (κ1) is 8.70. The molecule has 0 radical (unpaired) electrons. The van der Waals surface area contributed by atoms with Crippen LogP contribution in [0.3, 0.4) is 0 Å². The normalized spacial score (nSPS) is 18.5. The number of nitrogens with zero attached hydrogens (tertiary/aromatic N) is 1. The first-order valence-corrected chi connectivity index (χ1v) is 4.93. The van der Waals surface area contributed by atoms with Crippen LogP contribution in [-0.2, 0) is 6.42 Å². The van der Waals surface area contributed by atoms with E-state index in [1.165, 1.54) is 18.4 Å². The van der Waals surface area contributed by atoms with Crippen LogP contribution in [0.15, 0.2) is 24.5 Å². The second kappa shape index (κ2) is 3.88. The average Bonchev–Trinajstić information content (AvgIpc) is 2.99. The Kier molecular flexibility index (Phi) is 2.60. The molecule has 0 aromatic carbocycles. The van der Waals surface area contributed by atoms with Gasteiger partial charge in [0.2, 0.25) is 0 Å². The van der Waals surface area contributed by atoms with Gasteiger partial charge in [-0.1, -0.05) is 0 Å². The number of aliphatic hydroxyl groups is 1. The van der Waals surface area contributed by atoms with Crippen LogP contribution in [0.25, 0.3) is 0 Å². The third-order valence-corrected chi connectivity index (χ3v) is 2.64. The van der Waals surface area contributed by atoms with E-state index in [0.717, 1.165) is 12.8 Å². The minimum atomic E-state index is -0.0758. The van der Waals surface area contributed by atoms with Crippen molar-refractivity contribution in [3.63, 3.8) is 0 Å². The third kappa shape index (κ3) is 2.52. The zero-order valence-electron chi connectivity index (χ0n) is 7.69. The van der Waals surface area contributed by atoms with Gasteiger partial charge in [0, 0.05) is 12.4 Å². The van der Waals surface area contributed by atoms with Gasteiger partial charge >= 0.3 is 0 Å². The van der Waals surface area contributed by atoms with E-state index in [2.05, 4.69) is 4.98 Å². The Hall–Kier alpha value is -0.890. The lowest BCUT2D eigenvalue weighted by Crippen LogP contribution is -2.09. The van der Waals surface area contributed by atoms with Crippen LogP contribution in [0.4, 0.5) is 0 Å². The second-order valence-corrected chi connectivity index (χ2v) is 3.80. The monoisotopic (exact) mass is 177 g/mol. The maximum Gasteiger partial charge on any atom is 0.0571 e. The van der Waals surface area contributed by atoms with Gasteiger partial charge in [0.05, 0.1) is 6.10 Å². The van der Waals surface area contributed by atoms with Crippen molar-refractivity contribution >= 4 is 0 Å². The molecule has 1 heterocycles.